The Hall–Kier alpha value is -3.36. The average molecular weight is 528 g/mol. The van der Waals surface area contributed by atoms with Gasteiger partial charge in [0, 0.05) is 18.1 Å². The monoisotopic (exact) mass is 527 g/mol. The number of carbonyl (C=O) groups excluding carboxylic acids is 2. The molecule has 2 amide bonds. The number of aryl methyl sites for hydroxylation is 1. The summed E-state index contributed by atoms with van der Waals surface area (Å²) in [5, 5.41) is 3.20. The molecular weight excluding hydrogens is 498 g/mol. The normalized spacial score (nSPS) is 12.0. The Bertz CT molecular complexity index is 1300. The third-order valence-corrected chi connectivity index (χ3v) is 7.76. The van der Waals surface area contributed by atoms with Gasteiger partial charge in [0.25, 0.3) is 10.0 Å². The van der Waals surface area contributed by atoms with Gasteiger partial charge in [-0.2, -0.15) is 0 Å². The molecule has 7 nitrogen and oxygen atoms in total. The van der Waals surface area contributed by atoms with Crippen molar-refractivity contribution >= 4 is 39.1 Å². The van der Waals surface area contributed by atoms with Crippen LogP contribution in [0.25, 0.3) is 0 Å². The highest BCUT2D eigenvalue weighted by Gasteiger charge is 2.33. The van der Waals surface area contributed by atoms with E-state index >= 15 is 0 Å². The van der Waals surface area contributed by atoms with Gasteiger partial charge in [0.2, 0.25) is 11.8 Å². The summed E-state index contributed by atoms with van der Waals surface area (Å²) in [5.41, 5.74) is 1.75. The van der Waals surface area contributed by atoms with Crippen molar-refractivity contribution in [1.29, 1.82) is 0 Å². The molecule has 0 saturated heterocycles. The Kier molecular flexibility index (Phi) is 9.12. The summed E-state index contributed by atoms with van der Waals surface area (Å²) < 4.78 is 28.6. The summed E-state index contributed by atoms with van der Waals surface area (Å²) in [5.74, 6) is -0.826. The smallest absolute Gasteiger partial charge is 0.264 e. The zero-order valence-electron chi connectivity index (χ0n) is 20.5. The molecule has 0 radical (unpaired) electrons. The highest BCUT2D eigenvalue weighted by atomic mass is 35.5. The minimum absolute atomic E-state index is 0.0542. The van der Waals surface area contributed by atoms with Gasteiger partial charge in [0.1, 0.15) is 12.6 Å². The Morgan fingerprint density at radius 2 is 1.58 bits per heavy atom. The number of rotatable bonds is 10. The summed E-state index contributed by atoms with van der Waals surface area (Å²) in [6.45, 7) is 5.24. The van der Waals surface area contributed by atoms with E-state index in [1.54, 1.807) is 57.2 Å². The van der Waals surface area contributed by atoms with Crippen LogP contribution >= 0.6 is 11.6 Å². The second kappa shape index (κ2) is 12.1. The Labute approximate surface area is 217 Å². The number of nitrogens with one attached hydrogen (secondary N) is 1. The zero-order chi connectivity index (χ0) is 26.3. The van der Waals surface area contributed by atoms with Crippen LogP contribution in [0.1, 0.15) is 25.0 Å². The number of carbonyl (C=O) groups is 2. The molecular formula is C27H30ClN3O4S. The maximum absolute atomic E-state index is 13.8. The van der Waals surface area contributed by atoms with E-state index in [1.807, 2.05) is 30.3 Å². The number of halogens is 1. The van der Waals surface area contributed by atoms with Crippen LogP contribution in [-0.2, 0) is 26.2 Å². The van der Waals surface area contributed by atoms with Gasteiger partial charge in [0.05, 0.1) is 10.6 Å². The van der Waals surface area contributed by atoms with Crippen LogP contribution in [0, 0.1) is 6.92 Å². The lowest BCUT2D eigenvalue weighted by Gasteiger charge is -2.32. The third-order valence-electron chi connectivity index (χ3n) is 5.75. The highest BCUT2D eigenvalue weighted by molar-refractivity contribution is 7.92. The van der Waals surface area contributed by atoms with Gasteiger partial charge >= 0.3 is 0 Å². The minimum atomic E-state index is -4.10. The maximum Gasteiger partial charge on any atom is 0.264 e. The number of likely N-dealkylation sites (N-methyl/N-ethyl adjacent to an activating group) is 1. The number of nitrogens with zero attached hydrogens (tertiary/aromatic N) is 2. The summed E-state index contributed by atoms with van der Waals surface area (Å²) >= 11 is 6.12. The molecule has 3 aromatic carbocycles. The average Bonchev–Trinajstić information content (AvgIpc) is 2.87. The molecule has 190 valence electrons. The first-order valence-corrected chi connectivity index (χ1v) is 13.4. The second-order valence-corrected chi connectivity index (χ2v) is 10.6. The van der Waals surface area contributed by atoms with Crippen LogP contribution in [0.4, 0.5) is 5.69 Å². The summed E-state index contributed by atoms with van der Waals surface area (Å²) in [6.07, 6.45) is 0. The van der Waals surface area contributed by atoms with Crippen molar-refractivity contribution in [1.82, 2.24) is 10.2 Å². The maximum atomic E-state index is 13.8. The van der Waals surface area contributed by atoms with E-state index in [9.17, 15) is 18.0 Å². The van der Waals surface area contributed by atoms with Gasteiger partial charge in [0.15, 0.2) is 0 Å². The van der Waals surface area contributed by atoms with Crippen molar-refractivity contribution in [2.24, 2.45) is 0 Å². The van der Waals surface area contributed by atoms with E-state index in [2.05, 4.69) is 5.32 Å². The van der Waals surface area contributed by atoms with E-state index < -0.39 is 28.5 Å². The molecule has 1 atom stereocenters. The van der Waals surface area contributed by atoms with Crippen LogP contribution in [0.15, 0.2) is 83.8 Å². The molecule has 36 heavy (non-hydrogen) atoms. The summed E-state index contributed by atoms with van der Waals surface area (Å²) in [6, 6.07) is 21.2. The van der Waals surface area contributed by atoms with Gasteiger partial charge in [-0.25, -0.2) is 8.42 Å². The lowest BCUT2D eigenvalue weighted by atomic mass is 10.1. The van der Waals surface area contributed by atoms with Crippen LogP contribution in [0.2, 0.25) is 5.02 Å². The van der Waals surface area contributed by atoms with Gasteiger partial charge in [-0.1, -0.05) is 60.1 Å². The van der Waals surface area contributed by atoms with Crippen molar-refractivity contribution in [2.45, 2.75) is 38.3 Å². The molecule has 0 aliphatic carbocycles. The fourth-order valence-corrected chi connectivity index (χ4v) is 5.54. The molecule has 0 bridgehead atoms. The zero-order valence-corrected chi connectivity index (χ0v) is 22.1. The largest absolute Gasteiger partial charge is 0.355 e. The number of anilines is 1. The van der Waals surface area contributed by atoms with Gasteiger partial charge in [-0.3, -0.25) is 13.9 Å². The molecule has 0 aromatic heterocycles. The standard InChI is InChI=1S/C27H30ClN3O4S/c1-4-29-27(33)21(3)30(18-22-11-7-5-8-12-22)26(32)19-31(25-16-15-23(28)17-20(25)2)36(34,35)24-13-9-6-10-14-24/h5-17,21H,4,18-19H2,1-3H3,(H,29,33)/t21-/m1/s1. The van der Waals surface area contributed by atoms with E-state index in [4.69, 9.17) is 11.6 Å². The lowest BCUT2D eigenvalue weighted by molar-refractivity contribution is -0.139. The first-order chi connectivity index (χ1) is 17.1. The summed E-state index contributed by atoms with van der Waals surface area (Å²) in [4.78, 5) is 27.9. The van der Waals surface area contributed by atoms with Crippen molar-refractivity contribution in [3.63, 3.8) is 0 Å². The number of sulfonamides is 1. The molecule has 0 aliphatic rings. The molecule has 0 saturated carbocycles. The molecule has 3 aromatic rings. The quantitative estimate of drug-likeness (QED) is 0.423. The number of hydrogen-bond acceptors (Lipinski definition) is 4. The lowest BCUT2D eigenvalue weighted by Crippen LogP contribution is -2.51. The predicted molar refractivity (Wildman–Crippen MR) is 142 cm³/mol. The molecule has 0 fully saturated rings. The Morgan fingerprint density at radius 3 is 2.17 bits per heavy atom. The van der Waals surface area contributed by atoms with E-state index in [-0.39, 0.29) is 17.3 Å². The van der Waals surface area contributed by atoms with Crippen LogP contribution in [0.5, 0.6) is 0 Å². The van der Waals surface area contributed by atoms with E-state index in [0.29, 0.717) is 22.8 Å². The van der Waals surface area contributed by atoms with Crippen molar-refractivity contribution < 1.29 is 18.0 Å². The van der Waals surface area contributed by atoms with E-state index in [1.165, 1.54) is 17.0 Å². The Balaban J connectivity index is 2.04. The predicted octanol–water partition coefficient (Wildman–Crippen LogP) is 4.40. The molecule has 0 unspecified atom stereocenters. The first-order valence-electron chi connectivity index (χ1n) is 11.6. The van der Waals surface area contributed by atoms with Gasteiger partial charge < -0.3 is 10.2 Å². The Morgan fingerprint density at radius 1 is 0.972 bits per heavy atom. The third kappa shape index (κ3) is 6.44. The number of benzene rings is 3. The number of amides is 2. The molecule has 1 N–H and O–H groups in total. The van der Waals surface area contributed by atoms with E-state index in [0.717, 1.165) is 9.87 Å². The molecule has 9 heteroatoms. The fraction of sp³-hybridized carbons (Fsp3) is 0.259. The fourth-order valence-electron chi connectivity index (χ4n) is 3.82. The molecule has 0 aliphatic heterocycles. The highest BCUT2D eigenvalue weighted by Crippen LogP contribution is 2.29. The molecule has 3 rings (SSSR count). The minimum Gasteiger partial charge on any atom is -0.355 e. The van der Waals surface area contributed by atoms with Crippen molar-refractivity contribution in [3.8, 4) is 0 Å². The topological polar surface area (TPSA) is 86.8 Å². The van der Waals surface area contributed by atoms with Gasteiger partial charge in [-0.05, 0) is 62.2 Å². The van der Waals surface area contributed by atoms with Gasteiger partial charge in [-0.15, -0.1) is 0 Å². The second-order valence-electron chi connectivity index (χ2n) is 8.33. The van der Waals surface area contributed by atoms with Crippen LogP contribution in [0.3, 0.4) is 0 Å². The van der Waals surface area contributed by atoms with Crippen molar-refractivity contribution in [3.05, 3.63) is 95.0 Å². The molecule has 0 spiro atoms. The van der Waals surface area contributed by atoms with Crippen molar-refractivity contribution in [2.75, 3.05) is 17.4 Å². The number of hydrogen-bond donors (Lipinski definition) is 1. The van der Waals surface area contributed by atoms with Crippen LogP contribution < -0.4 is 9.62 Å². The van der Waals surface area contributed by atoms with Crippen LogP contribution in [-0.4, -0.2) is 44.3 Å². The SMILES string of the molecule is CCNC(=O)[C@@H](C)N(Cc1ccccc1)C(=O)CN(c1ccc(Cl)cc1C)S(=O)(=O)c1ccccc1. The molecule has 0 heterocycles. The first kappa shape index (κ1) is 27.2. The summed E-state index contributed by atoms with van der Waals surface area (Å²) in [7, 11) is -4.10.